The van der Waals surface area contributed by atoms with Crippen LogP contribution < -0.4 is 5.46 Å². The Morgan fingerprint density at radius 2 is 2.18 bits per heavy atom. The highest BCUT2D eigenvalue weighted by Gasteiger charge is 2.06. The zero-order valence-corrected chi connectivity index (χ0v) is 5.45. The molecule has 0 amide bonds. The second-order valence-electron chi connectivity index (χ2n) is 1.96. The van der Waals surface area contributed by atoms with Crippen molar-refractivity contribution < 1.29 is 9.31 Å². The molecule has 0 spiro atoms. The van der Waals surface area contributed by atoms with Crippen molar-refractivity contribution >= 4 is 19.0 Å². The summed E-state index contributed by atoms with van der Waals surface area (Å²) in [5, 5.41) is 10.1. The van der Waals surface area contributed by atoms with Gasteiger partial charge in [0.1, 0.15) is 13.7 Å². The van der Waals surface area contributed by atoms with Crippen molar-refractivity contribution in [1.82, 2.24) is 0 Å². The number of nitro benzene ring substituents is 1. The smallest absolute Gasteiger partial charge is 0.258 e. The van der Waals surface area contributed by atoms with Crippen LogP contribution in [-0.4, -0.2) is 12.8 Å². The van der Waals surface area contributed by atoms with Crippen molar-refractivity contribution in [1.29, 1.82) is 0 Å². The summed E-state index contributed by atoms with van der Waals surface area (Å²) in [5.41, 5.74) is -0.382. The van der Waals surface area contributed by atoms with E-state index in [0.29, 0.717) is 0 Å². The second kappa shape index (κ2) is 2.69. The largest absolute Gasteiger partial charge is 0.272 e. The van der Waals surface area contributed by atoms with Crippen LogP contribution in [0.15, 0.2) is 18.2 Å². The van der Waals surface area contributed by atoms with Gasteiger partial charge in [-0.1, -0.05) is 11.5 Å². The summed E-state index contributed by atoms with van der Waals surface area (Å²) >= 11 is 0. The highest BCUT2D eigenvalue weighted by atomic mass is 19.1. The van der Waals surface area contributed by atoms with Gasteiger partial charge >= 0.3 is 0 Å². The first-order valence-corrected chi connectivity index (χ1v) is 2.80. The maximum Gasteiger partial charge on any atom is 0.272 e. The van der Waals surface area contributed by atoms with E-state index in [1.165, 1.54) is 0 Å². The molecule has 2 radical (unpaired) electrons. The predicted octanol–water partition coefficient (Wildman–Crippen LogP) is 0.528. The van der Waals surface area contributed by atoms with Gasteiger partial charge in [0.25, 0.3) is 5.69 Å². The number of nitro groups is 1. The number of hydrogen-bond donors (Lipinski definition) is 0. The molecule has 0 aromatic heterocycles. The molecule has 0 aliphatic carbocycles. The molecule has 0 saturated carbocycles. The van der Waals surface area contributed by atoms with E-state index in [-0.39, 0.29) is 11.2 Å². The van der Waals surface area contributed by atoms with Gasteiger partial charge in [-0.3, -0.25) is 10.1 Å². The van der Waals surface area contributed by atoms with Gasteiger partial charge in [0.05, 0.1) is 11.0 Å². The van der Waals surface area contributed by atoms with E-state index >= 15 is 0 Å². The Morgan fingerprint density at radius 3 is 2.64 bits per heavy atom. The van der Waals surface area contributed by atoms with Crippen LogP contribution in [0.4, 0.5) is 10.1 Å². The lowest BCUT2D eigenvalue weighted by molar-refractivity contribution is -0.385. The van der Waals surface area contributed by atoms with E-state index in [4.69, 9.17) is 7.85 Å². The van der Waals surface area contributed by atoms with Crippen LogP contribution in [0.1, 0.15) is 0 Å². The van der Waals surface area contributed by atoms with Gasteiger partial charge in [-0.25, -0.2) is 4.39 Å². The predicted molar refractivity (Wildman–Crippen MR) is 38.4 cm³/mol. The van der Waals surface area contributed by atoms with E-state index in [0.717, 1.165) is 18.2 Å². The van der Waals surface area contributed by atoms with E-state index in [1.54, 1.807) is 0 Å². The molecule has 0 unspecified atom stereocenters. The van der Waals surface area contributed by atoms with Crippen molar-refractivity contribution in [3.63, 3.8) is 0 Å². The Morgan fingerprint density at radius 1 is 1.55 bits per heavy atom. The fourth-order valence-electron chi connectivity index (χ4n) is 0.630. The topological polar surface area (TPSA) is 43.1 Å². The van der Waals surface area contributed by atoms with Crippen molar-refractivity contribution in [2.24, 2.45) is 0 Å². The average molecular weight is 151 g/mol. The third-order valence-corrected chi connectivity index (χ3v) is 1.19. The summed E-state index contributed by atoms with van der Waals surface area (Å²) in [4.78, 5) is 9.38. The van der Waals surface area contributed by atoms with E-state index in [1.807, 2.05) is 0 Å². The van der Waals surface area contributed by atoms with E-state index < -0.39 is 10.7 Å². The summed E-state index contributed by atoms with van der Waals surface area (Å²) in [6.07, 6.45) is 0. The van der Waals surface area contributed by atoms with Crippen molar-refractivity contribution in [3.05, 3.63) is 34.1 Å². The average Bonchev–Trinajstić information content (AvgIpc) is 1.94. The van der Waals surface area contributed by atoms with E-state index in [2.05, 4.69) is 0 Å². The number of hydrogen-bond acceptors (Lipinski definition) is 2. The van der Waals surface area contributed by atoms with Gasteiger partial charge in [0.2, 0.25) is 0 Å². The minimum atomic E-state index is -0.765. The van der Waals surface area contributed by atoms with E-state index in [9.17, 15) is 14.5 Å². The Bertz CT molecular complexity index is 303. The fraction of sp³-hybridized carbons (Fsp3) is 0. The molecule has 0 bridgehead atoms. The molecule has 0 saturated heterocycles. The molecule has 54 valence electrons. The summed E-state index contributed by atoms with van der Waals surface area (Å²) in [6.45, 7) is 0. The molecule has 0 fully saturated rings. The molecular formula is C6H3BFNO2. The van der Waals surface area contributed by atoms with Crippen LogP contribution >= 0.6 is 0 Å². The monoisotopic (exact) mass is 151 g/mol. The first kappa shape index (κ1) is 7.72. The molecule has 11 heavy (non-hydrogen) atoms. The third kappa shape index (κ3) is 1.55. The summed E-state index contributed by atoms with van der Waals surface area (Å²) in [6, 6.07) is 3.10. The lowest BCUT2D eigenvalue weighted by Crippen LogP contribution is -2.07. The number of benzene rings is 1. The van der Waals surface area contributed by atoms with Gasteiger partial charge in [-0.05, 0) is 0 Å². The first-order chi connectivity index (χ1) is 5.11. The van der Waals surface area contributed by atoms with Crippen molar-refractivity contribution in [2.45, 2.75) is 0 Å². The zero-order valence-electron chi connectivity index (χ0n) is 5.45. The number of nitrogens with zero attached hydrogens (tertiary/aromatic N) is 1. The Hall–Kier alpha value is -1.39. The zero-order chi connectivity index (χ0) is 8.43. The summed E-state index contributed by atoms with van der Waals surface area (Å²) in [7, 11) is 5.09. The molecule has 0 heterocycles. The third-order valence-electron chi connectivity index (χ3n) is 1.19. The van der Waals surface area contributed by atoms with Crippen molar-refractivity contribution in [3.8, 4) is 0 Å². The van der Waals surface area contributed by atoms with Gasteiger partial charge in [-0.15, -0.1) is 0 Å². The highest BCUT2D eigenvalue weighted by Crippen LogP contribution is 2.09. The molecule has 0 atom stereocenters. The summed E-state index contributed by atoms with van der Waals surface area (Å²) < 4.78 is 12.5. The number of non-ortho nitro benzene ring substituents is 1. The molecule has 1 rings (SSSR count). The molecule has 1 aromatic carbocycles. The fourth-order valence-corrected chi connectivity index (χ4v) is 0.630. The van der Waals surface area contributed by atoms with Gasteiger partial charge in [0.15, 0.2) is 0 Å². The van der Waals surface area contributed by atoms with Gasteiger partial charge in [-0.2, -0.15) is 0 Å². The Balaban J connectivity index is 3.15. The SMILES string of the molecule is [B]c1ccc([N+](=O)[O-])cc1F. The van der Waals surface area contributed by atoms with Crippen LogP contribution in [0.25, 0.3) is 0 Å². The number of halogens is 1. The van der Waals surface area contributed by atoms with Crippen LogP contribution in [0.3, 0.4) is 0 Å². The van der Waals surface area contributed by atoms with Crippen LogP contribution in [-0.2, 0) is 0 Å². The lowest BCUT2D eigenvalue weighted by atomic mass is 9.95. The minimum absolute atomic E-state index is 0.0874. The normalized spacial score (nSPS) is 9.55. The van der Waals surface area contributed by atoms with Gasteiger partial charge < -0.3 is 0 Å². The standard InChI is InChI=1S/C6H3BFNO2/c7-5-2-1-4(9(10)11)3-6(5)8/h1-3H. The maximum atomic E-state index is 12.5. The molecule has 1 aromatic rings. The lowest BCUT2D eigenvalue weighted by Gasteiger charge is -1.94. The first-order valence-electron chi connectivity index (χ1n) is 2.80. The van der Waals surface area contributed by atoms with Crippen LogP contribution in [0, 0.1) is 15.9 Å². The maximum absolute atomic E-state index is 12.5. The summed E-state index contributed by atoms with van der Waals surface area (Å²) in [5.74, 6) is -0.765. The Kier molecular flexibility index (Phi) is 1.89. The van der Waals surface area contributed by atoms with Crippen molar-refractivity contribution in [2.75, 3.05) is 0 Å². The van der Waals surface area contributed by atoms with Crippen LogP contribution in [0.5, 0.6) is 0 Å². The number of rotatable bonds is 1. The minimum Gasteiger partial charge on any atom is -0.258 e. The molecule has 3 nitrogen and oxygen atoms in total. The quantitative estimate of drug-likeness (QED) is 0.333. The molecule has 0 aliphatic heterocycles. The molecule has 0 N–H and O–H groups in total. The molecule has 0 aliphatic rings. The van der Waals surface area contributed by atoms with Gasteiger partial charge in [0, 0.05) is 6.07 Å². The highest BCUT2D eigenvalue weighted by molar-refractivity contribution is 6.32. The Labute approximate surface area is 63.4 Å². The molecule has 5 heteroatoms. The second-order valence-corrected chi connectivity index (χ2v) is 1.96. The molecular weight excluding hydrogens is 148 g/mol. The van der Waals surface area contributed by atoms with Crippen LogP contribution in [0.2, 0.25) is 0 Å².